The monoisotopic (exact) mass is 324 g/mol. The maximum absolute atomic E-state index is 6.08. The van der Waals surface area contributed by atoms with Crippen molar-refractivity contribution in [2.75, 3.05) is 44.2 Å². The Balaban J connectivity index is 1.31. The van der Waals surface area contributed by atoms with Gasteiger partial charge in [0.05, 0.1) is 0 Å². The standard InChI is InChI=1S/C20H24N2O2/c1-16-5-4-6-17(13-16)22-11-9-21(10-12-22)14-18-15-23-19-7-2-3-8-20(19)24-18/h2-8,13,18H,9-12,14-15H2,1H3. The molecule has 0 aromatic heterocycles. The predicted molar refractivity (Wildman–Crippen MR) is 96.2 cm³/mol. The summed E-state index contributed by atoms with van der Waals surface area (Å²) in [4.78, 5) is 4.95. The Hall–Kier alpha value is -2.20. The lowest BCUT2D eigenvalue weighted by Gasteiger charge is -2.38. The van der Waals surface area contributed by atoms with Gasteiger partial charge in [-0.2, -0.15) is 0 Å². The third-order valence-corrected chi connectivity index (χ3v) is 4.77. The Morgan fingerprint density at radius 1 is 0.958 bits per heavy atom. The number of hydrogen-bond donors (Lipinski definition) is 0. The number of hydrogen-bond acceptors (Lipinski definition) is 4. The van der Waals surface area contributed by atoms with Crippen molar-refractivity contribution in [2.45, 2.75) is 13.0 Å². The smallest absolute Gasteiger partial charge is 0.161 e. The average Bonchev–Trinajstić information content (AvgIpc) is 2.62. The van der Waals surface area contributed by atoms with Crippen molar-refractivity contribution in [3.8, 4) is 11.5 Å². The molecule has 2 aromatic carbocycles. The lowest BCUT2D eigenvalue weighted by Crippen LogP contribution is -2.50. The Morgan fingerprint density at radius 3 is 2.54 bits per heavy atom. The van der Waals surface area contributed by atoms with Crippen LogP contribution in [0.15, 0.2) is 48.5 Å². The quantitative estimate of drug-likeness (QED) is 0.867. The summed E-state index contributed by atoms with van der Waals surface area (Å²) in [6.45, 7) is 7.97. The Bertz CT molecular complexity index is 696. The molecule has 24 heavy (non-hydrogen) atoms. The SMILES string of the molecule is Cc1cccc(N2CCN(CC3COc4ccccc4O3)CC2)c1. The van der Waals surface area contributed by atoms with Crippen molar-refractivity contribution < 1.29 is 9.47 Å². The van der Waals surface area contributed by atoms with E-state index in [2.05, 4.69) is 41.0 Å². The molecular weight excluding hydrogens is 300 g/mol. The van der Waals surface area contributed by atoms with Crippen LogP contribution in [0.3, 0.4) is 0 Å². The van der Waals surface area contributed by atoms with Crippen LogP contribution in [-0.4, -0.2) is 50.3 Å². The highest BCUT2D eigenvalue weighted by Crippen LogP contribution is 2.31. The number of benzene rings is 2. The molecule has 1 atom stereocenters. The van der Waals surface area contributed by atoms with Gasteiger partial charge in [0.2, 0.25) is 0 Å². The summed E-state index contributed by atoms with van der Waals surface area (Å²) in [7, 11) is 0. The third kappa shape index (κ3) is 3.34. The van der Waals surface area contributed by atoms with Gasteiger partial charge in [0.15, 0.2) is 11.5 Å². The van der Waals surface area contributed by atoms with Gasteiger partial charge >= 0.3 is 0 Å². The molecule has 0 spiro atoms. The van der Waals surface area contributed by atoms with Crippen molar-refractivity contribution >= 4 is 5.69 Å². The van der Waals surface area contributed by atoms with Gasteiger partial charge in [-0.3, -0.25) is 4.90 Å². The van der Waals surface area contributed by atoms with Gasteiger partial charge in [-0.05, 0) is 36.8 Å². The summed E-state index contributed by atoms with van der Waals surface area (Å²) in [6, 6.07) is 16.7. The van der Waals surface area contributed by atoms with Gasteiger partial charge in [-0.1, -0.05) is 24.3 Å². The van der Waals surface area contributed by atoms with Crippen molar-refractivity contribution in [1.29, 1.82) is 0 Å². The van der Waals surface area contributed by atoms with Crippen molar-refractivity contribution in [3.05, 3.63) is 54.1 Å². The minimum absolute atomic E-state index is 0.116. The largest absolute Gasteiger partial charge is 0.486 e. The number of ether oxygens (including phenoxy) is 2. The zero-order valence-corrected chi connectivity index (χ0v) is 14.1. The molecule has 4 rings (SSSR count). The number of para-hydroxylation sites is 2. The Morgan fingerprint density at radius 2 is 1.75 bits per heavy atom. The number of piperazine rings is 1. The van der Waals surface area contributed by atoms with E-state index in [4.69, 9.17) is 9.47 Å². The molecule has 0 amide bonds. The summed E-state index contributed by atoms with van der Waals surface area (Å²) in [5, 5.41) is 0. The number of anilines is 1. The number of fused-ring (bicyclic) bond motifs is 1. The van der Waals surface area contributed by atoms with Crippen LogP contribution in [0.5, 0.6) is 11.5 Å². The van der Waals surface area contributed by atoms with Crippen LogP contribution in [0.1, 0.15) is 5.56 Å². The second-order valence-corrected chi connectivity index (χ2v) is 6.62. The molecule has 0 radical (unpaired) electrons. The van der Waals surface area contributed by atoms with E-state index in [0.29, 0.717) is 6.61 Å². The average molecular weight is 324 g/mol. The van der Waals surface area contributed by atoms with E-state index in [1.807, 2.05) is 24.3 Å². The summed E-state index contributed by atoms with van der Waals surface area (Å²) >= 11 is 0. The first-order valence-corrected chi connectivity index (χ1v) is 8.70. The molecule has 4 heteroatoms. The maximum atomic E-state index is 6.08. The molecule has 0 saturated carbocycles. The number of rotatable bonds is 3. The fourth-order valence-electron chi connectivity index (χ4n) is 3.45. The molecule has 1 saturated heterocycles. The highest BCUT2D eigenvalue weighted by Gasteiger charge is 2.25. The zero-order valence-electron chi connectivity index (χ0n) is 14.1. The molecule has 0 N–H and O–H groups in total. The van der Waals surface area contributed by atoms with E-state index in [0.717, 1.165) is 44.2 Å². The first kappa shape index (κ1) is 15.3. The first-order valence-electron chi connectivity index (χ1n) is 8.70. The minimum atomic E-state index is 0.116. The highest BCUT2D eigenvalue weighted by atomic mass is 16.6. The molecule has 4 nitrogen and oxygen atoms in total. The zero-order chi connectivity index (χ0) is 16.4. The Kier molecular flexibility index (Phi) is 4.30. The van der Waals surface area contributed by atoms with E-state index in [1.165, 1.54) is 11.3 Å². The predicted octanol–water partition coefficient (Wildman–Crippen LogP) is 2.96. The van der Waals surface area contributed by atoms with Crippen LogP contribution in [0.2, 0.25) is 0 Å². The van der Waals surface area contributed by atoms with Crippen LogP contribution >= 0.6 is 0 Å². The summed E-state index contributed by atoms with van der Waals surface area (Å²) in [6.07, 6.45) is 0.116. The van der Waals surface area contributed by atoms with Gasteiger partial charge < -0.3 is 14.4 Å². The molecule has 2 aromatic rings. The maximum Gasteiger partial charge on any atom is 0.161 e. The summed E-state index contributed by atoms with van der Waals surface area (Å²) in [5.74, 6) is 1.73. The second-order valence-electron chi connectivity index (χ2n) is 6.62. The minimum Gasteiger partial charge on any atom is -0.486 e. The normalized spacial score (nSPS) is 20.9. The van der Waals surface area contributed by atoms with E-state index >= 15 is 0 Å². The van der Waals surface area contributed by atoms with Crippen LogP contribution in [0.25, 0.3) is 0 Å². The van der Waals surface area contributed by atoms with E-state index in [-0.39, 0.29) is 6.10 Å². The molecule has 126 valence electrons. The second kappa shape index (κ2) is 6.73. The lowest BCUT2D eigenvalue weighted by atomic mass is 10.2. The third-order valence-electron chi connectivity index (χ3n) is 4.77. The van der Waals surface area contributed by atoms with Crippen LogP contribution < -0.4 is 14.4 Å². The molecule has 0 bridgehead atoms. The van der Waals surface area contributed by atoms with Crippen molar-refractivity contribution in [2.24, 2.45) is 0 Å². The van der Waals surface area contributed by atoms with Gasteiger partial charge in [-0.15, -0.1) is 0 Å². The summed E-state index contributed by atoms with van der Waals surface area (Å²) < 4.78 is 11.9. The van der Waals surface area contributed by atoms with Crippen LogP contribution in [-0.2, 0) is 0 Å². The Labute approximate surface area is 143 Å². The molecule has 2 aliphatic heterocycles. The molecule has 0 aliphatic carbocycles. The molecular formula is C20H24N2O2. The molecule has 1 unspecified atom stereocenters. The highest BCUT2D eigenvalue weighted by molar-refractivity contribution is 5.48. The van der Waals surface area contributed by atoms with Gasteiger partial charge in [0.25, 0.3) is 0 Å². The molecule has 2 heterocycles. The fraction of sp³-hybridized carbons (Fsp3) is 0.400. The molecule has 1 fully saturated rings. The lowest BCUT2D eigenvalue weighted by molar-refractivity contribution is 0.0571. The van der Waals surface area contributed by atoms with Gasteiger partial charge in [0, 0.05) is 38.4 Å². The number of nitrogens with zero attached hydrogens (tertiary/aromatic N) is 2. The first-order chi connectivity index (χ1) is 11.8. The topological polar surface area (TPSA) is 24.9 Å². The van der Waals surface area contributed by atoms with Crippen LogP contribution in [0, 0.1) is 6.92 Å². The van der Waals surface area contributed by atoms with Crippen LogP contribution in [0.4, 0.5) is 5.69 Å². The van der Waals surface area contributed by atoms with Gasteiger partial charge in [0.1, 0.15) is 12.7 Å². The summed E-state index contributed by atoms with van der Waals surface area (Å²) in [5.41, 5.74) is 2.65. The van der Waals surface area contributed by atoms with Crippen molar-refractivity contribution in [3.63, 3.8) is 0 Å². The van der Waals surface area contributed by atoms with Crippen molar-refractivity contribution in [1.82, 2.24) is 4.90 Å². The van der Waals surface area contributed by atoms with Gasteiger partial charge in [-0.25, -0.2) is 0 Å². The van der Waals surface area contributed by atoms with E-state index < -0.39 is 0 Å². The fourth-order valence-corrected chi connectivity index (χ4v) is 3.45. The molecule has 2 aliphatic rings. The number of aryl methyl sites for hydroxylation is 1. The van der Waals surface area contributed by atoms with E-state index in [1.54, 1.807) is 0 Å². The van der Waals surface area contributed by atoms with E-state index in [9.17, 15) is 0 Å².